The normalized spacial score (nSPS) is 16.5. The van der Waals surface area contributed by atoms with E-state index in [1.54, 1.807) is 24.3 Å². The molecule has 0 spiro atoms. The van der Waals surface area contributed by atoms with Crippen molar-refractivity contribution in [2.75, 3.05) is 13.7 Å². The van der Waals surface area contributed by atoms with E-state index in [1.165, 1.54) is 0 Å². The third-order valence-electron chi connectivity index (χ3n) is 4.92. The Labute approximate surface area is 163 Å². The highest BCUT2D eigenvalue weighted by molar-refractivity contribution is 5.94. The number of aromatic nitrogens is 5. The van der Waals surface area contributed by atoms with E-state index in [-0.39, 0.29) is 11.9 Å². The number of hydrogen-bond acceptors (Lipinski definition) is 6. The number of tetrazole rings is 1. The predicted octanol–water partition coefficient (Wildman–Crippen LogP) is 2.19. The SMILES string of the molecule is COCc1ccc(C(=O)N2CCC[C@H]2Cn2nnc(-c3ccncc3)n2)cc1. The molecule has 2 aromatic heterocycles. The number of hydrogen-bond donors (Lipinski definition) is 0. The lowest BCUT2D eigenvalue weighted by Gasteiger charge is -2.24. The summed E-state index contributed by atoms with van der Waals surface area (Å²) in [6.45, 7) is 1.82. The molecular weight excluding hydrogens is 356 g/mol. The second kappa shape index (κ2) is 8.26. The van der Waals surface area contributed by atoms with Crippen molar-refractivity contribution in [3.8, 4) is 11.4 Å². The molecule has 0 aliphatic carbocycles. The average molecular weight is 378 g/mol. The fourth-order valence-corrected chi connectivity index (χ4v) is 3.49. The average Bonchev–Trinajstić information content (AvgIpc) is 3.39. The van der Waals surface area contributed by atoms with Gasteiger partial charge in [-0.15, -0.1) is 10.2 Å². The summed E-state index contributed by atoms with van der Waals surface area (Å²) in [7, 11) is 1.66. The quantitative estimate of drug-likeness (QED) is 0.654. The summed E-state index contributed by atoms with van der Waals surface area (Å²) in [6, 6.07) is 11.3. The van der Waals surface area contributed by atoms with Gasteiger partial charge in [0, 0.05) is 37.2 Å². The minimum Gasteiger partial charge on any atom is -0.380 e. The molecule has 3 heterocycles. The van der Waals surface area contributed by atoms with E-state index in [1.807, 2.05) is 41.3 Å². The molecule has 1 amide bonds. The summed E-state index contributed by atoms with van der Waals surface area (Å²) in [6.07, 6.45) is 5.31. The number of rotatable bonds is 6. The first-order valence-corrected chi connectivity index (χ1v) is 9.31. The second-order valence-electron chi connectivity index (χ2n) is 6.83. The first-order valence-electron chi connectivity index (χ1n) is 9.31. The van der Waals surface area contributed by atoms with Crippen LogP contribution in [0.15, 0.2) is 48.8 Å². The Morgan fingerprint density at radius 3 is 2.71 bits per heavy atom. The highest BCUT2D eigenvalue weighted by atomic mass is 16.5. The maximum atomic E-state index is 13.0. The van der Waals surface area contributed by atoms with Crippen LogP contribution in [-0.4, -0.2) is 55.7 Å². The van der Waals surface area contributed by atoms with Crippen LogP contribution in [-0.2, 0) is 17.9 Å². The number of methoxy groups -OCH3 is 1. The highest BCUT2D eigenvalue weighted by Crippen LogP contribution is 2.22. The number of benzene rings is 1. The zero-order chi connectivity index (χ0) is 19.3. The lowest BCUT2D eigenvalue weighted by atomic mass is 10.1. The lowest BCUT2D eigenvalue weighted by Crippen LogP contribution is -2.38. The molecule has 0 radical (unpaired) electrons. The maximum Gasteiger partial charge on any atom is 0.254 e. The number of nitrogens with zero attached hydrogens (tertiary/aromatic N) is 6. The van der Waals surface area contributed by atoms with Crippen molar-refractivity contribution < 1.29 is 9.53 Å². The van der Waals surface area contributed by atoms with Crippen molar-refractivity contribution in [2.45, 2.75) is 32.0 Å². The van der Waals surface area contributed by atoms with Crippen LogP contribution in [0.25, 0.3) is 11.4 Å². The van der Waals surface area contributed by atoms with Crippen molar-refractivity contribution in [1.29, 1.82) is 0 Å². The first kappa shape index (κ1) is 18.2. The van der Waals surface area contributed by atoms with Gasteiger partial charge in [0.1, 0.15) is 0 Å². The van der Waals surface area contributed by atoms with Gasteiger partial charge < -0.3 is 9.64 Å². The summed E-state index contributed by atoms with van der Waals surface area (Å²) in [5.74, 6) is 0.605. The molecule has 0 saturated carbocycles. The summed E-state index contributed by atoms with van der Waals surface area (Å²) in [5.41, 5.74) is 2.61. The molecule has 1 fully saturated rings. The van der Waals surface area contributed by atoms with Gasteiger partial charge >= 0.3 is 0 Å². The minimum absolute atomic E-state index is 0.0425. The smallest absolute Gasteiger partial charge is 0.254 e. The summed E-state index contributed by atoms with van der Waals surface area (Å²) in [4.78, 5) is 20.5. The molecule has 3 aromatic rings. The van der Waals surface area contributed by atoms with E-state index in [9.17, 15) is 4.79 Å². The monoisotopic (exact) mass is 378 g/mol. The number of amides is 1. The molecule has 4 rings (SSSR count). The predicted molar refractivity (Wildman–Crippen MR) is 102 cm³/mol. The number of pyridine rings is 1. The number of ether oxygens (including phenoxy) is 1. The molecule has 1 aliphatic heterocycles. The summed E-state index contributed by atoms with van der Waals surface area (Å²) < 4.78 is 5.12. The molecule has 1 aromatic carbocycles. The van der Waals surface area contributed by atoms with Crippen LogP contribution in [0, 0.1) is 0 Å². The second-order valence-corrected chi connectivity index (χ2v) is 6.83. The third-order valence-corrected chi connectivity index (χ3v) is 4.92. The summed E-state index contributed by atoms with van der Waals surface area (Å²) in [5, 5.41) is 12.7. The molecule has 8 heteroatoms. The van der Waals surface area contributed by atoms with E-state index in [2.05, 4.69) is 20.4 Å². The number of carbonyl (C=O) groups is 1. The molecule has 1 saturated heterocycles. The number of carbonyl (C=O) groups excluding carboxylic acids is 1. The fraction of sp³-hybridized carbons (Fsp3) is 0.350. The van der Waals surface area contributed by atoms with E-state index in [0.717, 1.165) is 30.5 Å². The van der Waals surface area contributed by atoms with Crippen molar-refractivity contribution in [3.63, 3.8) is 0 Å². The minimum atomic E-state index is 0.0425. The fourth-order valence-electron chi connectivity index (χ4n) is 3.49. The van der Waals surface area contributed by atoms with Gasteiger partial charge in [-0.1, -0.05) is 12.1 Å². The zero-order valence-electron chi connectivity index (χ0n) is 15.7. The molecule has 0 unspecified atom stereocenters. The molecule has 1 atom stereocenters. The van der Waals surface area contributed by atoms with Crippen molar-refractivity contribution in [2.24, 2.45) is 0 Å². The van der Waals surface area contributed by atoms with Crippen LogP contribution in [0.3, 0.4) is 0 Å². The number of likely N-dealkylation sites (tertiary alicyclic amines) is 1. The Bertz CT molecular complexity index is 925. The van der Waals surface area contributed by atoms with Gasteiger partial charge in [0.15, 0.2) is 0 Å². The maximum absolute atomic E-state index is 13.0. The van der Waals surface area contributed by atoms with Crippen LogP contribution >= 0.6 is 0 Å². The van der Waals surface area contributed by atoms with Gasteiger partial charge in [0.2, 0.25) is 5.82 Å². The standard InChI is InChI=1S/C20H22N6O2/c1-28-14-15-4-6-17(7-5-15)20(27)25-12-2-3-18(25)13-26-23-19(22-24-26)16-8-10-21-11-9-16/h4-11,18H,2-3,12-14H2,1H3/t18-/m0/s1. The van der Waals surface area contributed by atoms with Crippen LogP contribution in [0.1, 0.15) is 28.8 Å². The van der Waals surface area contributed by atoms with Gasteiger partial charge in [-0.25, -0.2) is 0 Å². The molecule has 0 bridgehead atoms. The van der Waals surface area contributed by atoms with Crippen molar-refractivity contribution >= 4 is 5.91 Å². The highest BCUT2D eigenvalue weighted by Gasteiger charge is 2.30. The van der Waals surface area contributed by atoms with E-state index in [4.69, 9.17) is 4.74 Å². The van der Waals surface area contributed by atoms with Crippen molar-refractivity contribution in [3.05, 3.63) is 59.9 Å². The first-order chi connectivity index (χ1) is 13.7. The Balaban J connectivity index is 1.45. The molecule has 0 N–H and O–H groups in total. The lowest BCUT2D eigenvalue weighted by molar-refractivity contribution is 0.0717. The van der Waals surface area contributed by atoms with Crippen LogP contribution < -0.4 is 0 Å². The van der Waals surface area contributed by atoms with Crippen LogP contribution in [0.2, 0.25) is 0 Å². The topological polar surface area (TPSA) is 86.0 Å². The van der Waals surface area contributed by atoms with Crippen LogP contribution in [0.5, 0.6) is 0 Å². The van der Waals surface area contributed by atoms with E-state index in [0.29, 0.717) is 24.5 Å². The van der Waals surface area contributed by atoms with E-state index < -0.39 is 0 Å². The van der Waals surface area contributed by atoms with Gasteiger partial charge in [0.05, 0.1) is 19.2 Å². The largest absolute Gasteiger partial charge is 0.380 e. The Hall–Kier alpha value is -3.13. The molecule has 1 aliphatic rings. The van der Waals surface area contributed by atoms with Crippen LogP contribution in [0.4, 0.5) is 0 Å². The van der Waals surface area contributed by atoms with Gasteiger partial charge in [-0.3, -0.25) is 9.78 Å². The Kier molecular flexibility index (Phi) is 5.38. The zero-order valence-corrected chi connectivity index (χ0v) is 15.7. The Morgan fingerprint density at radius 1 is 1.18 bits per heavy atom. The molecular formula is C20H22N6O2. The molecule has 144 valence electrons. The molecule has 8 nitrogen and oxygen atoms in total. The van der Waals surface area contributed by atoms with Gasteiger partial charge in [-0.05, 0) is 47.9 Å². The van der Waals surface area contributed by atoms with Crippen molar-refractivity contribution in [1.82, 2.24) is 30.1 Å². The molecule has 28 heavy (non-hydrogen) atoms. The summed E-state index contributed by atoms with van der Waals surface area (Å²) >= 11 is 0. The third kappa shape index (κ3) is 3.91. The van der Waals surface area contributed by atoms with Gasteiger partial charge in [-0.2, -0.15) is 4.80 Å². The van der Waals surface area contributed by atoms with E-state index >= 15 is 0 Å². The van der Waals surface area contributed by atoms with Gasteiger partial charge in [0.25, 0.3) is 5.91 Å². The Morgan fingerprint density at radius 2 is 1.96 bits per heavy atom.